The minimum absolute atomic E-state index is 0.107. The molecule has 0 aliphatic rings. The molecule has 0 aliphatic heterocycles. The fraction of sp³-hybridized carbons (Fsp3) is 0.500. The predicted octanol–water partition coefficient (Wildman–Crippen LogP) is 6.58. The van der Waals surface area contributed by atoms with Crippen LogP contribution in [0.1, 0.15) is 57.3 Å². The van der Waals surface area contributed by atoms with Gasteiger partial charge >= 0.3 is 0 Å². The van der Waals surface area contributed by atoms with E-state index in [0.717, 1.165) is 36.0 Å². The van der Waals surface area contributed by atoms with Crippen LogP contribution in [-0.2, 0) is 11.3 Å². The highest BCUT2D eigenvalue weighted by molar-refractivity contribution is 5.70. The van der Waals surface area contributed by atoms with Crippen LogP contribution >= 0.6 is 0 Å². The highest BCUT2D eigenvalue weighted by Gasteiger charge is 2.30. The predicted molar refractivity (Wildman–Crippen MR) is 120 cm³/mol. The van der Waals surface area contributed by atoms with Crippen molar-refractivity contribution in [2.45, 2.75) is 52.7 Å². The number of aliphatic hydroxyl groups is 1. The number of ether oxygens (including phenoxy) is 2. The summed E-state index contributed by atoms with van der Waals surface area (Å²) in [6.07, 6.45) is 2.23. The molecule has 1 N–H and O–H groups in total. The molecule has 1 atom stereocenters. The molecule has 168 valence electrons. The Morgan fingerprint density at radius 3 is 2.52 bits per heavy atom. The molecule has 0 heterocycles. The van der Waals surface area contributed by atoms with Gasteiger partial charge in [0.25, 0.3) is 0 Å². The minimum Gasteiger partial charge on any atom is -0.497 e. The van der Waals surface area contributed by atoms with Gasteiger partial charge in [0.05, 0.1) is 19.8 Å². The lowest BCUT2D eigenvalue weighted by Gasteiger charge is -2.33. The van der Waals surface area contributed by atoms with Gasteiger partial charge in [-0.1, -0.05) is 50.5 Å². The number of hydrogen-bond donors (Lipinski definition) is 1. The van der Waals surface area contributed by atoms with Crippen molar-refractivity contribution in [1.29, 1.82) is 0 Å². The number of nitrogens with zero attached hydrogens (tertiary/aromatic N) is 3. The first-order valence-corrected chi connectivity index (χ1v) is 10.5. The molecule has 7 heteroatoms. The molecule has 2 aromatic rings. The zero-order valence-electron chi connectivity index (χ0n) is 18.8. The molecule has 0 saturated carbocycles. The number of unbranched alkanes of at least 4 members (excludes halogenated alkanes) is 2. The second-order valence-electron chi connectivity index (χ2n) is 8.56. The van der Waals surface area contributed by atoms with E-state index in [1.807, 2.05) is 12.1 Å². The Morgan fingerprint density at radius 2 is 1.87 bits per heavy atom. The summed E-state index contributed by atoms with van der Waals surface area (Å²) in [4.78, 5) is 2.76. The number of hydrogen-bond acceptors (Lipinski definition) is 4. The lowest BCUT2D eigenvalue weighted by atomic mass is 9.81. The molecule has 0 amide bonds. The first-order chi connectivity index (χ1) is 14.8. The molecule has 6 nitrogen and oxygen atoms in total. The third-order valence-electron chi connectivity index (χ3n) is 5.08. The number of aliphatic hydroxyl groups excluding tert-OH is 1. The van der Waals surface area contributed by atoms with E-state index in [1.54, 1.807) is 25.3 Å². The maximum absolute atomic E-state index is 14.8. The van der Waals surface area contributed by atoms with E-state index in [9.17, 15) is 9.50 Å². The molecule has 0 radical (unpaired) electrons. The highest BCUT2D eigenvalue weighted by atomic mass is 19.1. The van der Waals surface area contributed by atoms with Gasteiger partial charge in [0.1, 0.15) is 11.6 Å². The Morgan fingerprint density at radius 1 is 1.10 bits per heavy atom. The van der Waals surface area contributed by atoms with E-state index in [0.29, 0.717) is 24.5 Å². The van der Waals surface area contributed by atoms with Crippen LogP contribution in [0.25, 0.3) is 21.6 Å². The van der Waals surface area contributed by atoms with Gasteiger partial charge in [0.15, 0.2) is 0 Å². The standard InChI is InChI=1S/C24H32FN3O3/c1-24(2,3)23(31-13-7-5-6-12-27-28-26)21-14-17(16-29)8-10-19(21)20-15-18(30-4)9-11-22(20)25/h8-11,14-15,23,29H,5-7,12-13,16H2,1-4H3. The molecular weight excluding hydrogens is 397 g/mol. The molecule has 31 heavy (non-hydrogen) atoms. The molecule has 1 unspecified atom stereocenters. The zero-order valence-corrected chi connectivity index (χ0v) is 18.8. The van der Waals surface area contributed by atoms with Crippen molar-refractivity contribution in [2.75, 3.05) is 20.3 Å². The summed E-state index contributed by atoms with van der Waals surface area (Å²) in [5.41, 5.74) is 10.8. The van der Waals surface area contributed by atoms with Crippen molar-refractivity contribution in [2.24, 2.45) is 10.5 Å². The summed E-state index contributed by atoms with van der Waals surface area (Å²) in [5, 5.41) is 13.2. The van der Waals surface area contributed by atoms with E-state index in [-0.39, 0.29) is 23.9 Å². The van der Waals surface area contributed by atoms with E-state index >= 15 is 0 Å². The summed E-state index contributed by atoms with van der Waals surface area (Å²) < 4.78 is 26.4. The fourth-order valence-corrected chi connectivity index (χ4v) is 3.52. The average molecular weight is 430 g/mol. The van der Waals surface area contributed by atoms with Crippen LogP contribution in [0.4, 0.5) is 4.39 Å². The lowest BCUT2D eigenvalue weighted by molar-refractivity contribution is -0.0211. The van der Waals surface area contributed by atoms with Crippen molar-refractivity contribution in [3.05, 3.63) is 63.8 Å². The van der Waals surface area contributed by atoms with Gasteiger partial charge < -0.3 is 14.6 Å². The topological polar surface area (TPSA) is 87.5 Å². The Kier molecular flexibility index (Phi) is 9.31. The first kappa shape index (κ1) is 24.7. The first-order valence-electron chi connectivity index (χ1n) is 10.5. The normalized spacial score (nSPS) is 12.3. The Bertz CT molecular complexity index is 905. The van der Waals surface area contributed by atoms with Crippen LogP contribution in [0, 0.1) is 11.2 Å². The molecule has 0 spiro atoms. The van der Waals surface area contributed by atoms with E-state index in [2.05, 4.69) is 30.8 Å². The highest BCUT2D eigenvalue weighted by Crippen LogP contribution is 2.42. The molecule has 0 fully saturated rings. The summed E-state index contributed by atoms with van der Waals surface area (Å²) in [6.45, 7) is 7.15. The van der Waals surface area contributed by atoms with E-state index in [1.165, 1.54) is 6.07 Å². The Hall–Kier alpha value is -2.60. The summed E-state index contributed by atoms with van der Waals surface area (Å²) >= 11 is 0. The van der Waals surface area contributed by atoms with Crippen LogP contribution in [-0.4, -0.2) is 25.4 Å². The van der Waals surface area contributed by atoms with Crippen LogP contribution in [0.2, 0.25) is 0 Å². The van der Waals surface area contributed by atoms with E-state index in [4.69, 9.17) is 15.0 Å². The van der Waals surface area contributed by atoms with Crippen molar-refractivity contribution >= 4 is 0 Å². The monoisotopic (exact) mass is 429 g/mol. The summed E-state index contributed by atoms with van der Waals surface area (Å²) in [7, 11) is 1.55. The molecule has 0 bridgehead atoms. The number of halogens is 1. The van der Waals surface area contributed by atoms with Gasteiger partial charge in [0.2, 0.25) is 0 Å². The number of azide groups is 1. The van der Waals surface area contributed by atoms with Crippen molar-refractivity contribution in [1.82, 2.24) is 0 Å². The van der Waals surface area contributed by atoms with Crippen molar-refractivity contribution in [3.63, 3.8) is 0 Å². The van der Waals surface area contributed by atoms with Crippen molar-refractivity contribution < 1.29 is 19.0 Å². The fourth-order valence-electron chi connectivity index (χ4n) is 3.52. The van der Waals surface area contributed by atoms with Gasteiger partial charge in [-0.15, -0.1) is 0 Å². The Labute approximate surface area is 183 Å². The number of benzene rings is 2. The largest absolute Gasteiger partial charge is 0.497 e. The smallest absolute Gasteiger partial charge is 0.131 e. The van der Waals surface area contributed by atoms with Gasteiger partial charge in [-0.2, -0.15) is 0 Å². The maximum atomic E-state index is 14.8. The molecule has 0 aliphatic carbocycles. The molecule has 0 aromatic heterocycles. The average Bonchev–Trinajstić information content (AvgIpc) is 2.75. The summed E-state index contributed by atoms with van der Waals surface area (Å²) in [5.74, 6) is 0.228. The number of rotatable bonds is 11. The van der Waals surface area contributed by atoms with Crippen molar-refractivity contribution in [3.8, 4) is 16.9 Å². The second-order valence-corrected chi connectivity index (χ2v) is 8.56. The third-order valence-corrected chi connectivity index (χ3v) is 5.08. The lowest BCUT2D eigenvalue weighted by Crippen LogP contribution is -2.23. The molecule has 0 saturated heterocycles. The zero-order chi connectivity index (χ0) is 22.9. The van der Waals surface area contributed by atoms with Gasteiger partial charge in [0, 0.05) is 23.6 Å². The van der Waals surface area contributed by atoms with Gasteiger partial charge in [-0.25, -0.2) is 4.39 Å². The third kappa shape index (κ3) is 6.96. The van der Waals surface area contributed by atoms with E-state index < -0.39 is 0 Å². The number of methoxy groups -OCH3 is 1. The summed E-state index contributed by atoms with van der Waals surface area (Å²) in [6, 6.07) is 10.2. The van der Waals surface area contributed by atoms with Crippen LogP contribution < -0.4 is 4.74 Å². The van der Waals surface area contributed by atoms with Gasteiger partial charge in [-0.05, 0) is 58.7 Å². The van der Waals surface area contributed by atoms with Gasteiger partial charge in [-0.3, -0.25) is 0 Å². The minimum atomic E-state index is -0.343. The van der Waals surface area contributed by atoms with Crippen LogP contribution in [0.15, 0.2) is 41.5 Å². The SMILES string of the molecule is COc1ccc(F)c(-c2ccc(CO)cc2C(OCCCCCN=[N+]=[N-])C(C)(C)C)c1. The maximum Gasteiger partial charge on any atom is 0.131 e. The quantitative estimate of drug-likeness (QED) is 0.189. The van der Waals surface area contributed by atoms with Crippen LogP contribution in [0.3, 0.4) is 0 Å². The second kappa shape index (κ2) is 11.7. The molecule has 2 rings (SSSR count). The molecule has 2 aromatic carbocycles. The van der Waals surface area contributed by atoms with Crippen LogP contribution in [0.5, 0.6) is 5.75 Å². The Balaban J connectivity index is 2.37. The molecular formula is C24H32FN3O3.